The lowest BCUT2D eigenvalue weighted by atomic mass is 10.1. The fourth-order valence-electron chi connectivity index (χ4n) is 2.44. The van der Waals surface area contributed by atoms with Gasteiger partial charge in [0.2, 0.25) is 11.8 Å². The lowest BCUT2D eigenvalue weighted by Gasteiger charge is -2.08. The van der Waals surface area contributed by atoms with Crippen molar-refractivity contribution in [3.8, 4) is 5.75 Å². The molecular formula is C20H24N2O2. The molecule has 2 rings (SSSR count). The number of unbranched alkanes of at least 4 members (excludes halogenated alkanes) is 3. The van der Waals surface area contributed by atoms with E-state index in [4.69, 9.17) is 15.9 Å². The molecule has 2 aromatic rings. The molecule has 1 amide bonds. The van der Waals surface area contributed by atoms with Gasteiger partial charge in [-0.1, -0.05) is 38.3 Å². The first-order chi connectivity index (χ1) is 11.6. The van der Waals surface area contributed by atoms with Crippen LogP contribution in [0, 0.1) is 5.41 Å². The molecule has 3 N–H and O–H groups in total. The van der Waals surface area contributed by atoms with Crippen molar-refractivity contribution in [2.75, 3.05) is 0 Å². The van der Waals surface area contributed by atoms with E-state index in [-0.39, 0.29) is 5.90 Å². The van der Waals surface area contributed by atoms with E-state index in [1.54, 1.807) is 24.3 Å². The summed E-state index contributed by atoms with van der Waals surface area (Å²) >= 11 is 0. The standard InChI is InChI=1S/C20H24N2O2/c1-2-3-4-5-6-15-7-13-18(14-8-15)24-20(22)17-11-9-16(10-12-17)19(21)23/h7-14,22H,2-6H2,1H3,(H2,21,23). The molecular weight excluding hydrogens is 300 g/mol. The minimum absolute atomic E-state index is 0.0433. The van der Waals surface area contributed by atoms with Crippen LogP contribution < -0.4 is 10.5 Å². The van der Waals surface area contributed by atoms with Gasteiger partial charge in [-0.3, -0.25) is 10.2 Å². The second-order valence-electron chi connectivity index (χ2n) is 5.83. The van der Waals surface area contributed by atoms with Gasteiger partial charge in [-0.15, -0.1) is 0 Å². The number of hydrogen-bond donors (Lipinski definition) is 2. The molecule has 0 aromatic heterocycles. The molecule has 0 aliphatic heterocycles. The third kappa shape index (κ3) is 5.23. The minimum atomic E-state index is -0.483. The van der Waals surface area contributed by atoms with Crippen LogP contribution in [0.2, 0.25) is 0 Å². The first-order valence-electron chi connectivity index (χ1n) is 8.35. The summed E-state index contributed by atoms with van der Waals surface area (Å²) in [6, 6.07) is 14.4. The predicted octanol–water partition coefficient (Wildman–Crippen LogP) is 4.31. The molecule has 4 nitrogen and oxygen atoms in total. The van der Waals surface area contributed by atoms with Crippen LogP contribution >= 0.6 is 0 Å². The van der Waals surface area contributed by atoms with E-state index in [9.17, 15) is 4.79 Å². The second-order valence-corrected chi connectivity index (χ2v) is 5.83. The normalized spacial score (nSPS) is 10.4. The van der Waals surface area contributed by atoms with Gasteiger partial charge in [0, 0.05) is 11.1 Å². The van der Waals surface area contributed by atoms with E-state index < -0.39 is 5.91 Å². The third-order valence-electron chi connectivity index (χ3n) is 3.89. The fourth-order valence-corrected chi connectivity index (χ4v) is 2.44. The van der Waals surface area contributed by atoms with E-state index in [1.807, 2.05) is 24.3 Å². The van der Waals surface area contributed by atoms with Crippen molar-refractivity contribution in [3.05, 3.63) is 65.2 Å². The smallest absolute Gasteiger partial charge is 0.248 e. The van der Waals surface area contributed by atoms with Crippen LogP contribution in [-0.4, -0.2) is 11.8 Å². The number of carbonyl (C=O) groups excluding carboxylic acids is 1. The molecule has 0 fully saturated rings. The summed E-state index contributed by atoms with van der Waals surface area (Å²) in [5.74, 6) is 0.196. The highest BCUT2D eigenvalue weighted by Gasteiger charge is 2.06. The van der Waals surface area contributed by atoms with E-state index >= 15 is 0 Å². The monoisotopic (exact) mass is 324 g/mol. The van der Waals surface area contributed by atoms with E-state index in [2.05, 4.69) is 6.92 Å². The number of nitrogens with two attached hydrogens (primary N) is 1. The number of ether oxygens (including phenoxy) is 1. The SMILES string of the molecule is CCCCCCc1ccc(OC(=N)c2ccc(C(N)=O)cc2)cc1. The highest BCUT2D eigenvalue weighted by Crippen LogP contribution is 2.16. The van der Waals surface area contributed by atoms with Gasteiger partial charge in [-0.05, 0) is 54.8 Å². The Hall–Kier alpha value is -2.62. The van der Waals surface area contributed by atoms with Crippen molar-refractivity contribution in [1.29, 1.82) is 5.41 Å². The van der Waals surface area contributed by atoms with Crippen LogP contribution in [-0.2, 0) is 6.42 Å². The van der Waals surface area contributed by atoms with Crippen molar-refractivity contribution >= 4 is 11.8 Å². The second kappa shape index (κ2) is 8.87. The van der Waals surface area contributed by atoms with Crippen LogP contribution in [0.25, 0.3) is 0 Å². The molecule has 0 atom stereocenters. The number of rotatable bonds is 8. The number of primary amides is 1. The van der Waals surface area contributed by atoms with E-state index in [0.29, 0.717) is 16.9 Å². The lowest BCUT2D eigenvalue weighted by Crippen LogP contribution is -2.12. The maximum Gasteiger partial charge on any atom is 0.248 e. The average molecular weight is 324 g/mol. The number of aryl methyl sites for hydroxylation is 1. The maximum atomic E-state index is 11.1. The Morgan fingerprint density at radius 3 is 2.17 bits per heavy atom. The summed E-state index contributed by atoms with van der Waals surface area (Å²) in [7, 11) is 0. The number of nitrogens with one attached hydrogen (secondary N) is 1. The Morgan fingerprint density at radius 1 is 0.958 bits per heavy atom. The molecule has 0 aliphatic carbocycles. The quantitative estimate of drug-likeness (QED) is 0.431. The molecule has 2 aromatic carbocycles. The molecule has 24 heavy (non-hydrogen) atoms. The van der Waals surface area contributed by atoms with Crippen molar-refractivity contribution in [3.63, 3.8) is 0 Å². The summed E-state index contributed by atoms with van der Waals surface area (Å²) in [5.41, 5.74) is 7.51. The van der Waals surface area contributed by atoms with Crippen LogP contribution in [0.4, 0.5) is 0 Å². The van der Waals surface area contributed by atoms with Crippen molar-refractivity contribution < 1.29 is 9.53 Å². The summed E-state index contributed by atoms with van der Waals surface area (Å²) in [5, 5.41) is 8.02. The van der Waals surface area contributed by atoms with Crippen LogP contribution in [0.15, 0.2) is 48.5 Å². The topological polar surface area (TPSA) is 76.2 Å². The average Bonchev–Trinajstić information content (AvgIpc) is 2.60. The molecule has 126 valence electrons. The third-order valence-corrected chi connectivity index (χ3v) is 3.89. The summed E-state index contributed by atoms with van der Waals surface area (Å²) in [4.78, 5) is 11.1. The summed E-state index contributed by atoms with van der Waals surface area (Å²) in [6.45, 7) is 2.21. The Kier molecular flexibility index (Phi) is 6.55. The first-order valence-corrected chi connectivity index (χ1v) is 8.35. The molecule has 0 saturated carbocycles. The number of benzene rings is 2. The largest absolute Gasteiger partial charge is 0.439 e. The van der Waals surface area contributed by atoms with E-state index in [1.165, 1.54) is 31.2 Å². The van der Waals surface area contributed by atoms with Crippen LogP contribution in [0.5, 0.6) is 5.75 Å². The molecule has 4 heteroatoms. The number of amides is 1. The molecule has 0 saturated heterocycles. The van der Waals surface area contributed by atoms with Gasteiger partial charge in [0.1, 0.15) is 5.75 Å². The first kappa shape index (κ1) is 17.7. The molecule has 0 bridgehead atoms. The van der Waals surface area contributed by atoms with Crippen molar-refractivity contribution in [2.24, 2.45) is 5.73 Å². The summed E-state index contributed by atoms with van der Waals surface area (Å²) < 4.78 is 5.57. The Morgan fingerprint density at radius 2 is 1.58 bits per heavy atom. The molecule has 0 aliphatic rings. The van der Waals surface area contributed by atoms with Gasteiger partial charge in [0.15, 0.2) is 0 Å². The molecule has 0 radical (unpaired) electrons. The van der Waals surface area contributed by atoms with Gasteiger partial charge in [0.05, 0.1) is 0 Å². The van der Waals surface area contributed by atoms with E-state index in [0.717, 1.165) is 6.42 Å². The lowest BCUT2D eigenvalue weighted by molar-refractivity contribution is 0.100. The Labute approximate surface area is 143 Å². The number of carbonyl (C=O) groups is 1. The van der Waals surface area contributed by atoms with Gasteiger partial charge in [-0.25, -0.2) is 0 Å². The van der Waals surface area contributed by atoms with Crippen molar-refractivity contribution in [2.45, 2.75) is 39.0 Å². The highest BCUT2D eigenvalue weighted by atomic mass is 16.5. The molecule has 0 heterocycles. The van der Waals surface area contributed by atoms with Gasteiger partial charge < -0.3 is 10.5 Å². The molecule has 0 unspecified atom stereocenters. The van der Waals surface area contributed by atoms with Gasteiger partial charge in [0.25, 0.3) is 0 Å². The maximum absolute atomic E-state index is 11.1. The van der Waals surface area contributed by atoms with Gasteiger partial charge >= 0.3 is 0 Å². The zero-order valence-corrected chi connectivity index (χ0v) is 14.0. The number of hydrogen-bond acceptors (Lipinski definition) is 3. The Bertz CT molecular complexity index is 676. The summed E-state index contributed by atoms with van der Waals surface area (Å²) in [6.07, 6.45) is 6.07. The highest BCUT2D eigenvalue weighted by molar-refractivity contribution is 5.96. The fraction of sp³-hybridized carbons (Fsp3) is 0.300. The Balaban J connectivity index is 1.90. The zero-order chi connectivity index (χ0) is 17.4. The molecule has 0 spiro atoms. The van der Waals surface area contributed by atoms with Crippen LogP contribution in [0.3, 0.4) is 0 Å². The van der Waals surface area contributed by atoms with Crippen molar-refractivity contribution in [1.82, 2.24) is 0 Å². The predicted molar refractivity (Wildman–Crippen MR) is 96.7 cm³/mol. The zero-order valence-electron chi connectivity index (χ0n) is 14.0. The van der Waals surface area contributed by atoms with Crippen LogP contribution in [0.1, 0.15) is 54.1 Å². The minimum Gasteiger partial charge on any atom is -0.439 e. The van der Waals surface area contributed by atoms with Gasteiger partial charge in [-0.2, -0.15) is 0 Å².